The number of aliphatic hydroxyl groups is 2. The molecule has 2 aliphatic rings. The predicted octanol–water partition coefficient (Wildman–Crippen LogP) is 1.31. The minimum absolute atomic E-state index is 0.0146. The van der Waals surface area contributed by atoms with E-state index in [4.69, 9.17) is 14.2 Å². The SMILES string of the molecule is CCOC(=O)C1=CC2(CCC1S(=O)(=O)Nc1ccccc1Br)O[C@H](CO)[C@@H](CO)O2. The Morgan fingerprint density at radius 3 is 2.47 bits per heavy atom. The number of esters is 1. The lowest BCUT2D eigenvalue weighted by molar-refractivity contribution is -0.154. The number of ether oxygens (including phenoxy) is 3. The molecule has 3 atom stereocenters. The zero-order valence-corrected chi connectivity index (χ0v) is 18.7. The lowest BCUT2D eigenvalue weighted by Crippen LogP contribution is -2.42. The average molecular weight is 506 g/mol. The van der Waals surface area contributed by atoms with Crippen molar-refractivity contribution in [3.05, 3.63) is 40.4 Å². The Morgan fingerprint density at radius 1 is 1.27 bits per heavy atom. The molecular weight excluding hydrogens is 482 g/mol. The second-order valence-electron chi connectivity index (χ2n) is 6.96. The number of anilines is 1. The van der Waals surface area contributed by atoms with Gasteiger partial charge in [0.05, 0.1) is 31.1 Å². The molecule has 1 aliphatic carbocycles. The molecule has 1 fully saturated rings. The summed E-state index contributed by atoms with van der Waals surface area (Å²) in [6.45, 7) is 0.904. The third-order valence-electron chi connectivity index (χ3n) is 4.97. The Morgan fingerprint density at radius 2 is 1.90 bits per heavy atom. The number of halogens is 1. The highest BCUT2D eigenvalue weighted by Gasteiger charge is 2.51. The summed E-state index contributed by atoms with van der Waals surface area (Å²) >= 11 is 3.30. The first-order chi connectivity index (χ1) is 14.2. The smallest absolute Gasteiger partial charge is 0.335 e. The van der Waals surface area contributed by atoms with Crippen LogP contribution in [0.4, 0.5) is 5.69 Å². The molecule has 0 saturated carbocycles. The number of rotatable bonds is 7. The molecule has 1 heterocycles. The maximum Gasteiger partial charge on any atom is 0.335 e. The molecule has 1 spiro atoms. The molecule has 0 bridgehead atoms. The first-order valence-electron chi connectivity index (χ1n) is 9.48. The fourth-order valence-corrected chi connectivity index (χ4v) is 5.64. The van der Waals surface area contributed by atoms with E-state index in [-0.39, 0.29) is 38.2 Å². The first kappa shape index (κ1) is 23.2. The van der Waals surface area contributed by atoms with Crippen LogP contribution in [0, 0.1) is 0 Å². The van der Waals surface area contributed by atoms with E-state index in [0.29, 0.717) is 10.2 Å². The molecule has 0 aromatic heterocycles. The molecular formula is C19H24BrNO8S. The van der Waals surface area contributed by atoms with Gasteiger partial charge in [-0.15, -0.1) is 0 Å². The van der Waals surface area contributed by atoms with Crippen molar-refractivity contribution in [1.82, 2.24) is 0 Å². The lowest BCUT2D eigenvalue weighted by atomic mass is 9.94. The number of nitrogens with one attached hydrogen (secondary N) is 1. The Kier molecular flexibility index (Phi) is 7.20. The lowest BCUT2D eigenvalue weighted by Gasteiger charge is -2.33. The predicted molar refractivity (Wildman–Crippen MR) is 111 cm³/mol. The van der Waals surface area contributed by atoms with Crippen molar-refractivity contribution in [3.63, 3.8) is 0 Å². The Balaban J connectivity index is 1.95. The van der Waals surface area contributed by atoms with E-state index in [0.717, 1.165) is 0 Å². The van der Waals surface area contributed by atoms with Crippen LogP contribution in [0.25, 0.3) is 0 Å². The van der Waals surface area contributed by atoms with E-state index in [2.05, 4.69) is 20.7 Å². The highest BCUT2D eigenvalue weighted by Crippen LogP contribution is 2.41. The van der Waals surface area contributed by atoms with Gasteiger partial charge in [0.2, 0.25) is 10.0 Å². The molecule has 1 saturated heterocycles. The number of benzene rings is 1. The van der Waals surface area contributed by atoms with Crippen molar-refractivity contribution >= 4 is 37.6 Å². The summed E-state index contributed by atoms with van der Waals surface area (Å²) in [5, 5.41) is 17.8. The quantitative estimate of drug-likeness (QED) is 0.472. The fraction of sp³-hybridized carbons (Fsp3) is 0.526. The zero-order chi connectivity index (χ0) is 21.9. The Hall–Kier alpha value is -1.50. The van der Waals surface area contributed by atoms with Gasteiger partial charge in [0.1, 0.15) is 17.5 Å². The number of hydrogen-bond acceptors (Lipinski definition) is 8. The van der Waals surface area contributed by atoms with E-state index in [1.807, 2.05) is 0 Å². The highest BCUT2D eigenvalue weighted by atomic mass is 79.9. The van der Waals surface area contributed by atoms with Gasteiger partial charge in [-0.25, -0.2) is 13.2 Å². The summed E-state index contributed by atoms with van der Waals surface area (Å²) in [6, 6.07) is 6.73. The molecule has 0 radical (unpaired) electrons. The molecule has 9 nitrogen and oxygen atoms in total. The molecule has 0 amide bonds. The van der Waals surface area contributed by atoms with Crippen LogP contribution in [0.15, 0.2) is 40.4 Å². The molecule has 3 N–H and O–H groups in total. The van der Waals surface area contributed by atoms with Crippen molar-refractivity contribution in [2.45, 2.75) is 43.0 Å². The molecule has 1 aromatic carbocycles. The van der Waals surface area contributed by atoms with Gasteiger partial charge < -0.3 is 24.4 Å². The first-order valence-corrected chi connectivity index (χ1v) is 11.8. The monoisotopic (exact) mass is 505 g/mol. The normalized spacial score (nSPS) is 25.7. The molecule has 1 aromatic rings. The van der Waals surface area contributed by atoms with Crippen LogP contribution in [0.3, 0.4) is 0 Å². The Labute approximate surface area is 183 Å². The maximum absolute atomic E-state index is 13.1. The van der Waals surface area contributed by atoms with Crippen molar-refractivity contribution in [1.29, 1.82) is 0 Å². The molecule has 1 unspecified atom stereocenters. The second kappa shape index (κ2) is 9.33. The van der Waals surface area contributed by atoms with Crippen molar-refractivity contribution in [2.24, 2.45) is 0 Å². The fourth-order valence-electron chi connectivity index (χ4n) is 3.57. The summed E-state index contributed by atoms with van der Waals surface area (Å²) < 4.78 is 45.9. The minimum Gasteiger partial charge on any atom is -0.463 e. The average Bonchev–Trinajstić information content (AvgIpc) is 3.06. The van der Waals surface area contributed by atoms with E-state index >= 15 is 0 Å². The van der Waals surface area contributed by atoms with Crippen LogP contribution >= 0.6 is 15.9 Å². The van der Waals surface area contributed by atoms with E-state index in [9.17, 15) is 23.4 Å². The third-order valence-corrected chi connectivity index (χ3v) is 7.40. The molecule has 11 heteroatoms. The van der Waals surface area contributed by atoms with Crippen LogP contribution in [0.1, 0.15) is 19.8 Å². The summed E-state index contributed by atoms with van der Waals surface area (Å²) in [7, 11) is -4.01. The van der Waals surface area contributed by atoms with Gasteiger partial charge in [0.15, 0.2) is 5.79 Å². The number of hydrogen-bond donors (Lipinski definition) is 3. The van der Waals surface area contributed by atoms with Gasteiger partial charge >= 0.3 is 5.97 Å². The van der Waals surface area contributed by atoms with Crippen LogP contribution in [0.2, 0.25) is 0 Å². The van der Waals surface area contributed by atoms with Gasteiger partial charge in [-0.05, 0) is 47.5 Å². The number of sulfonamides is 1. The minimum atomic E-state index is -4.01. The Bertz CT molecular complexity index is 907. The summed E-state index contributed by atoms with van der Waals surface area (Å²) in [6.07, 6.45) is -0.149. The van der Waals surface area contributed by atoms with Crippen molar-refractivity contribution in [3.8, 4) is 0 Å². The van der Waals surface area contributed by atoms with Crippen LogP contribution in [-0.2, 0) is 29.0 Å². The molecule has 166 valence electrons. The van der Waals surface area contributed by atoms with Crippen molar-refractivity contribution in [2.75, 3.05) is 24.5 Å². The van der Waals surface area contributed by atoms with E-state index in [1.165, 1.54) is 6.08 Å². The van der Waals surface area contributed by atoms with E-state index < -0.39 is 39.2 Å². The van der Waals surface area contributed by atoms with Gasteiger partial charge in [0.25, 0.3) is 0 Å². The van der Waals surface area contributed by atoms with Gasteiger partial charge in [0, 0.05) is 10.9 Å². The molecule has 30 heavy (non-hydrogen) atoms. The van der Waals surface area contributed by atoms with Crippen LogP contribution < -0.4 is 4.72 Å². The topological polar surface area (TPSA) is 131 Å². The standard InChI is InChI=1S/C19H24BrNO8S/c1-2-27-18(24)12-9-19(28-15(10-22)16(11-23)29-19)8-7-17(12)30(25,26)21-14-6-4-3-5-13(14)20/h3-6,9,15-17,21-23H,2,7-8,10-11H2,1H3/t15-,16-,17?/m1/s1. The van der Waals surface area contributed by atoms with Gasteiger partial charge in [-0.1, -0.05) is 12.1 Å². The molecule has 3 rings (SSSR count). The largest absolute Gasteiger partial charge is 0.463 e. The third kappa shape index (κ3) is 4.71. The second-order valence-corrected chi connectivity index (χ2v) is 9.68. The van der Waals surface area contributed by atoms with Crippen LogP contribution in [-0.4, -0.2) is 67.7 Å². The maximum atomic E-state index is 13.1. The highest BCUT2D eigenvalue weighted by molar-refractivity contribution is 9.10. The molecule has 1 aliphatic heterocycles. The summed E-state index contributed by atoms with van der Waals surface area (Å²) in [4.78, 5) is 12.6. The number of carbonyl (C=O) groups excluding carboxylic acids is 1. The number of carbonyl (C=O) groups is 1. The van der Waals surface area contributed by atoms with Gasteiger partial charge in [-0.3, -0.25) is 4.72 Å². The van der Waals surface area contributed by atoms with Crippen molar-refractivity contribution < 1.29 is 37.6 Å². The summed E-state index contributed by atoms with van der Waals surface area (Å²) in [5.74, 6) is -2.21. The number of para-hydroxylation sites is 1. The van der Waals surface area contributed by atoms with Gasteiger partial charge in [-0.2, -0.15) is 0 Å². The van der Waals surface area contributed by atoms with Crippen LogP contribution in [0.5, 0.6) is 0 Å². The number of aliphatic hydroxyl groups excluding tert-OH is 2. The zero-order valence-electron chi connectivity index (χ0n) is 16.3. The summed E-state index contributed by atoms with van der Waals surface area (Å²) in [5.41, 5.74) is 0.230. The van der Waals surface area contributed by atoms with E-state index in [1.54, 1.807) is 31.2 Å².